The molecule has 1 heterocycles. The van der Waals surface area contributed by atoms with Crippen molar-refractivity contribution in [3.63, 3.8) is 0 Å². The number of benzene rings is 1. The van der Waals surface area contributed by atoms with Crippen LogP contribution in [0.15, 0.2) is 18.2 Å². The summed E-state index contributed by atoms with van der Waals surface area (Å²) in [6.45, 7) is 1.71. The third kappa shape index (κ3) is 2.71. The van der Waals surface area contributed by atoms with Gasteiger partial charge in [-0.15, -0.1) is 0 Å². The summed E-state index contributed by atoms with van der Waals surface area (Å²) < 4.78 is 18.6. The minimum Gasteiger partial charge on any atom is -0.488 e. The van der Waals surface area contributed by atoms with Crippen molar-refractivity contribution in [1.82, 2.24) is 5.32 Å². The Morgan fingerprint density at radius 1 is 1.50 bits per heavy atom. The number of halogens is 1. The van der Waals surface area contributed by atoms with E-state index in [1.807, 2.05) is 0 Å². The Bertz CT molecular complexity index is 357. The van der Waals surface area contributed by atoms with E-state index in [2.05, 4.69) is 5.32 Å². The van der Waals surface area contributed by atoms with Gasteiger partial charge in [-0.3, -0.25) is 0 Å². The number of ether oxygens (including phenoxy) is 1. The lowest BCUT2D eigenvalue weighted by Gasteiger charge is -2.11. The third-order valence-corrected chi connectivity index (χ3v) is 2.65. The number of fused-ring (bicyclic) bond motifs is 1. The molecule has 3 nitrogen and oxygen atoms in total. The minimum absolute atomic E-state index is 0.0792. The van der Waals surface area contributed by atoms with Crippen molar-refractivity contribution in [2.45, 2.75) is 18.9 Å². The van der Waals surface area contributed by atoms with Crippen LogP contribution in [0.25, 0.3) is 0 Å². The van der Waals surface area contributed by atoms with E-state index in [0.717, 1.165) is 37.2 Å². The molecule has 2 N–H and O–H groups in total. The summed E-state index contributed by atoms with van der Waals surface area (Å²) in [6.07, 6.45) is 1.57. The average Bonchev–Trinajstić information content (AvgIpc) is 2.66. The van der Waals surface area contributed by atoms with Crippen LogP contribution >= 0.6 is 0 Å². The molecule has 2 rings (SSSR count). The number of aliphatic hydroxyl groups excluding tert-OH is 1. The molecule has 4 heteroatoms. The molecule has 0 aromatic heterocycles. The predicted octanol–water partition coefficient (Wildman–Crippen LogP) is 1.10. The van der Waals surface area contributed by atoms with Crippen LogP contribution in [0.4, 0.5) is 4.39 Å². The molecule has 1 aromatic rings. The highest BCUT2D eigenvalue weighted by Gasteiger charge is 2.22. The Labute approximate surface area is 94.2 Å². The Balaban J connectivity index is 1.81. The molecule has 1 unspecified atom stereocenters. The maximum Gasteiger partial charge on any atom is 0.123 e. The van der Waals surface area contributed by atoms with Gasteiger partial charge in [0.05, 0.1) is 0 Å². The van der Waals surface area contributed by atoms with E-state index in [1.165, 1.54) is 12.1 Å². The fourth-order valence-corrected chi connectivity index (χ4v) is 1.87. The van der Waals surface area contributed by atoms with Crippen LogP contribution in [0.1, 0.15) is 12.0 Å². The Morgan fingerprint density at radius 2 is 2.38 bits per heavy atom. The molecule has 1 atom stereocenters. The van der Waals surface area contributed by atoms with Crippen molar-refractivity contribution in [1.29, 1.82) is 0 Å². The van der Waals surface area contributed by atoms with Gasteiger partial charge < -0.3 is 15.2 Å². The maximum atomic E-state index is 12.9. The zero-order valence-corrected chi connectivity index (χ0v) is 9.08. The SMILES string of the molecule is OCCCNCC1Cc2cc(F)ccc2O1. The molecule has 0 saturated heterocycles. The number of aliphatic hydroxyl groups is 1. The van der Waals surface area contributed by atoms with E-state index in [-0.39, 0.29) is 18.5 Å². The number of nitrogens with one attached hydrogen (secondary N) is 1. The van der Waals surface area contributed by atoms with E-state index in [4.69, 9.17) is 9.84 Å². The molecule has 1 aliphatic rings. The Morgan fingerprint density at radius 3 is 3.19 bits per heavy atom. The van der Waals surface area contributed by atoms with Crippen molar-refractivity contribution in [2.24, 2.45) is 0 Å². The second-order valence-corrected chi connectivity index (χ2v) is 3.98. The van der Waals surface area contributed by atoms with Crippen LogP contribution in [-0.4, -0.2) is 30.9 Å². The van der Waals surface area contributed by atoms with E-state index >= 15 is 0 Å². The van der Waals surface area contributed by atoms with E-state index in [0.29, 0.717) is 0 Å². The molecule has 0 radical (unpaired) electrons. The monoisotopic (exact) mass is 225 g/mol. The summed E-state index contributed by atoms with van der Waals surface area (Å²) in [5.74, 6) is 0.576. The molecule has 0 amide bonds. The first-order valence-electron chi connectivity index (χ1n) is 5.56. The second-order valence-electron chi connectivity index (χ2n) is 3.98. The zero-order chi connectivity index (χ0) is 11.4. The van der Waals surface area contributed by atoms with Gasteiger partial charge >= 0.3 is 0 Å². The van der Waals surface area contributed by atoms with Crippen LogP contribution < -0.4 is 10.1 Å². The topological polar surface area (TPSA) is 41.5 Å². The molecule has 1 aromatic carbocycles. The summed E-state index contributed by atoms with van der Waals surface area (Å²) in [5.41, 5.74) is 0.939. The summed E-state index contributed by atoms with van der Waals surface area (Å²) in [4.78, 5) is 0. The number of hydrogen-bond donors (Lipinski definition) is 2. The fraction of sp³-hybridized carbons (Fsp3) is 0.500. The van der Waals surface area contributed by atoms with Gasteiger partial charge in [-0.25, -0.2) is 4.39 Å². The third-order valence-electron chi connectivity index (χ3n) is 2.65. The van der Waals surface area contributed by atoms with Crippen LogP contribution in [0.3, 0.4) is 0 Å². The van der Waals surface area contributed by atoms with E-state index in [1.54, 1.807) is 6.07 Å². The summed E-state index contributed by atoms with van der Waals surface area (Å²) in [5, 5.41) is 11.8. The smallest absolute Gasteiger partial charge is 0.123 e. The molecule has 1 aliphatic heterocycles. The molecule has 16 heavy (non-hydrogen) atoms. The Hall–Kier alpha value is -1.13. The van der Waals surface area contributed by atoms with Crippen LogP contribution in [-0.2, 0) is 6.42 Å². The van der Waals surface area contributed by atoms with Crippen molar-refractivity contribution >= 4 is 0 Å². The molecular weight excluding hydrogens is 209 g/mol. The zero-order valence-electron chi connectivity index (χ0n) is 9.08. The summed E-state index contributed by atoms with van der Waals surface area (Å²) in [7, 11) is 0. The first-order chi connectivity index (χ1) is 7.79. The average molecular weight is 225 g/mol. The molecule has 88 valence electrons. The summed E-state index contributed by atoms with van der Waals surface area (Å²) in [6, 6.07) is 4.63. The van der Waals surface area contributed by atoms with E-state index in [9.17, 15) is 4.39 Å². The van der Waals surface area contributed by atoms with Crippen LogP contribution in [0, 0.1) is 5.82 Å². The summed E-state index contributed by atoms with van der Waals surface area (Å²) >= 11 is 0. The normalized spacial score (nSPS) is 18.2. The highest BCUT2D eigenvalue weighted by molar-refractivity contribution is 5.37. The minimum atomic E-state index is -0.212. The van der Waals surface area contributed by atoms with Gasteiger partial charge in [0.15, 0.2) is 0 Å². The highest BCUT2D eigenvalue weighted by Crippen LogP contribution is 2.28. The van der Waals surface area contributed by atoms with Crippen molar-refractivity contribution < 1.29 is 14.2 Å². The molecule has 0 saturated carbocycles. The van der Waals surface area contributed by atoms with Crippen molar-refractivity contribution in [2.75, 3.05) is 19.7 Å². The lowest BCUT2D eigenvalue weighted by Crippen LogP contribution is -2.30. The molecule has 0 bridgehead atoms. The van der Waals surface area contributed by atoms with Gasteiger partial charge in [0.1, 0.15) is 17.7 Å². The fourth-order valence-electron chi connectivity index (χ4n) is 1.87. The highest BCUT2D eigenvalue weighted by atomic mass is 19.1. The molecule has 0 aliphatic carbocycles. The van der Waals surface area contributed by atoms with Gasteiger partial charge in [0.2, 0.25) is 0 Å². The lowest BCUT2D eigenvalue weighted by molar-refractivity contribution is 0.224. The molecule has 0 spiro atoms. The van der Waals surface area contributed by atoms with Gasteiger partial charge in [0.25, 0.3) is 0 Å². The predicted molar refractivity (Wildman–Crippen MR) is 59.1 cm³/mol. The first kappa shape index (κ1) is 11.4. The molecule has 0 fully saturated rings. The number of hydrogen-bond acceptors (Lipinski definition) is 3. The largest absolute Gasteiger partial charge is 0.488 e. The quantitative estimate of drug-likeness (QED) is 0.737. The van der Waals surface area contributed by atoms with Crippen LogP contribution in [0.2, 0.25) is 0 Å². The van der Waals surface area contributed by atoms with Gasteiger partial charge in [-0.05, 0) is 31.2 Å². The first-order valence-corrected chi connectivity index (χ1v) is 5.56. The second kappa shape index (κ2) is 5.27. The standard InChI is InChI=1S/C12H16FNO2/c13-10-2-3-12-9(6-10)7-11(16-12)8-14-4-1-5-15/h2-3,6,11,14-15H,1,4-5,7-8H2. The van der Waals surface area contributed by atoms with E-state index < -0.39 is 0 Å². The lowest BCUT2D eigenvalue weighted by atomic mass is 10.1. The Kier molecular flexibility index (Phi) is 3.74. The van der Waals surface area contributed by atoms with Crippen LogP contribution in [0.5, 0.6) is 5.75 Å². The molecular formula is C12H16FNO2. The maximum absolute atomic E-state index is 12.9. The van der Waals surface area contributed by atoms with Gasteiger partial charge in [-0.1, -0.05) is 0 Å². The van der Waals surface area contributed by atoms with Crippen molar-refractivity contribution in [3.05, 3.63) is 29.6 Å². The van der Waals surface area contributed by atoms with Crippen molar-refractivity contribution in [3.8, 4) is 5.75 Å². The van der Waals surface area contributed by atoms with Gasteiger partial charge in [0, 0.05) is 25.1 Å². The van der Waals surface area contributed by atoms with Gasteiger partial charge in [-0.2, -0.15) is 0 Å². The number of rotatable bonds is 5.